The van der Waals surface area contributed by atoms with E-state index in [-0.39, 0.29) is 0 Å². The average molecular weight is 246 g/mol. The maximum absolute atomic E-state index is 5.29. The molecule has 0 spiro atoms. The van der Waals surface area contributed by atoms with Crippen molar-refractivity contribution in [3.05, 3.63) is 52.1 Å². The Kier molecular flexibility index (Phi) is 3.79. The van der Waals surface area contributed by atoms with Crippen molar-refractivity contribution >= 4 is 12.2 Å². The van der Waals surface area contributed by atoms with E-state index in [1.807, 2.05) is 6.20 Å². The molecule has 0 unspecified atom stereocenters. The van der Waals surface area contributed by atoms with Gasteiger partial charge < -0.3 is 9.55 Å². The number of nitrogens with one attached hydrogen (secondary N) is 1. The van der Waals surface area contributed by atoms with Crippen molar-refractivity contribution in [2.45, 2.75) is 33.2 Å². The minimum absolute atomic E-state index is 0.829. The first-order chi connectivity index (χ1) is 8.22. The second-order valence-corrected chi connectivity index (χ2v) is 4.65. The van der Waals surface area contributed by atoms with E-state index in [4.69, 9.17) is 12.2 Å². The molecule has 0 amide bonds. The Balaban J connectivity index is 2.15. The average Bonchev–Trinajstić information content (AvgIpc) is 2.69. The summed E-state index contributed by atoms with van der Waals surface area (Å²) in [6.07, 6.45) is 4.06. The van der Waals surface area contributed by atoms with Gasteiger partial charge in [0, 0.05) is 18.4 Å². The Morgan fingerprint density at radius 1 is 1.29 bits per heavy atom. The molecule has 90 valence electrons. The van der Waals surface area contributed by atoms with Gasteiger partial charge in [-0.2, -0.15) is 0 Å². The number of H-pyrrole nitrogens is 1. The molecule has 0 saturated heterocycles. The molecule has 3 heteroatoms. The third-order valence-electron chi connectivity index (χ3n) is 3.18. The van der Waals surface area contributed by atoms with Gasteiger partial charge >= 0.3 is 0 Å². The quantitative estimate of drug-likeness (QED) is 0.817. The van der Waals surface area contributed by atoms with E-state index >= 15 is 0 Å². The summed E-state index contributed by atoms with van der Waals surface area (Å²) in [5.74, 6) is 0. The van der Waals surface area contributed by atoms with Crippen LogP contribution in [-0.4, -0.2) is 9.55 Å². The Morgan fingerprint density at radius 3 is 2.76 bits per heavy atom. The highest BCUT2D eigenvalue weighted by Gasteiger charge is 2.03. The summed E-state index contributed by atoms with van der Waals surface area (Å²) in [6.45, 7) is 5.27. The van der Waals surface area contributed by atoms with Gasteiger partial charge in [-0.25, -0.2) is 0 Å². The molecule has 1 aromatic heterocycles. The van der Waals surface area contributed by atoms with E-state index in [9.17, 15) is 0 Å². The molecule has 0 radical (unpaired) electrons. The number of aromatic nitrogens is 2. The van der Waals surface area contributed by atoms with Crippen LogP contribution in [0.1, 0.15) is 23.7 Å². The molecule has 2 aromatic rings. The van der Waals surface area contributed by atoms with Crippen molar-refractivity contribution in [1.82, 2.24) is 9.55 Å². The second-order valence-electron chi connectivity index (χ2n) is 4.27. The number of hydrogen-bond donors (Lipinski definition) is 1. The van der Waals surface area contributed by atoms with Crippen molar-refractivity contribution in [2.24, 2.45) is 0 Å². The molecule has 0 bridgehead atoms. The third-order valence-corrected chi connectivity index (χ3v) is 3.52. The first-order valence-corrected chi connectivity index (χ1v) is 6.44. The Labute approximate surface area is 107 Å². The van der Waals surface area contributed by atoms with Crippen LogP contribution in [0, 0.1) is 11.7 Å². The van der Waals surface area contributed by atoms with Crippen molar-refractivity contribution in [2.75, 3.05) is 0 Å². The molecule has 0 fully saturated rings. The van der Waals surface area contributed by atoms with Crippen LogP contribution in [0.3, 0.4) is 0 Å². The Hall–Kier alpha value is -1.35. The fraction of sp³-hybridized carbons (Fsp3) is 0.357. The van der Waals surface area contributed by atoms with Gasteiger partial charge in [0.05, 0.1) is 0 Å². The van der Waals surface area contributed by atoms with Crippen LogP contribution in [0.2, 0.25) is 0 Å². The summed E-state index contributed by atoms with van der Waals surface area (Å²) in [5.41, 5.74) is 4.04. The zero-order chi connectivity index (χ0) is 12.3. The number of aryl methyl sites for hydroxylation is 3. The first kappa shape index (κ1) is 12.1. The van der Waals surface area contributed by atoms with Crippen LogP contribution in [0.15, 0.2) is 30.5 Å². The summed E-state index contributed by atoms with van der Waals surface area (Å²) < 4.78 is 3.03. The number of rotatable bonds is 4. The maximum atomic E-state index is 5.29. The molecule has 2 nitrogen and oxygen atoms in total. The molecule has 1 heterocycles. The van der Waals surface area contributed by atoms with E-state index in [1.165, 1.54) is 16.8 Å². The second kappa shape index (κ2) is 5.32. The van der Waals surface area contributed by atoms with Gasteiger partial charge in [0.15, 0.2) is 4.77 Å². The maximum Gasteiger partial charge on any atom is 0.177 e. The number of nitrogens with zero attached hydrogens (tertiary/aromatic N) is 1. The molecule has 2 rings (SSSR count). The minimum Gasteiger partial charge on any atom is -0.337 e. The van der Waals surface area contributed by atoms with Gasteiger partial charge in [0.1, 0.15) is 0 Å². The van der Waals surface area contributed by atoms with Gasteiger partial charge in [-0.3, -0.25) is 0 Å². The highest BCUT2D eigenvalue weighted by atomic mass is 32.1. The summed E-state index contributed by atoms with van der Waals surface area (Å²) in [5, 5.41) is 0. The van der Waals surface area contributed by atoms with Crippen molar-refractivity contribution in [3.63, 3.8) is 0 Å². The molecule has 0 aliphatic heterocycles. The van der Waals surface area contributed by atoms with Crippen LogP contribution < -0.4 is 0 Å². The lowest BCUT2D eigenvalue weighted by Gasteiger charge is -2.08. The molecular weight excluding hydrogens is 228 g/mol. The number of aromatic amines is 1. The standard InChI is InChI=1S/C14H18N2S/c1-3-13-10-15-14(17)16(13)9-8-12-7-5-4-6-11(12)2/h4-7,10H,3,8-9H2,1-2H3,(H,15,17). The topological polar surface area (TPSA) is 20.7 Å². The summed E-state index contributed by atoms with van der Waals surface area (Å²) in [4.78, 5) is 3.12. The van der Waals surface area contributed by atoms with Gasteiger partial charge in [-0.1, -0.05) is 31.2 Å². The van der Waals surface area contributed by atoms with Crippen LogP contribution >= 0.6 is 12.2 Å². The summed E-state index contributed by atoms with van der Waals surface area (Å²) in [7, 11) is 0. The molecule has 17 heavy (non-hydrogen) atoms. The predicted molar refractivity (Wildman–Crippen MR) is 73.9 cm³/mol. The van der Waals surface area contributed by atoms with Gasteiger partial charge in [0.2, 0.25) is 0 Å². The van der Waals surface area contributed by atoms with Gasteiger partial charge in [0.25, 0.3) is 0 Å². The molecule has 0 atom stereocenters. The summed E-state index contributed by atoms with van der Waals surface area (Å²) >= 11 is 5.29. The van der Waals surface area contributed by atoms with Crippen LogP contribution in [0.4, 0.5) is 0 Å². The summed E-state index contributed by atoms with van der Waals surface area (Å²) in [6, 6.07) is 8.53. The van der Waals surface area contributed by atoms with E-state index < -0.39 is 0 Å². The van der Waals surface area contributed by atoms with Crippen molar-refractivity contribution in [1.29, 1.82) is 0 Å². The fourth-order valence-electron chi connectivity index (χ4n) is 2.09. The zero-order valence-electron chi connectivity index (χ0n) is 10.4. The number of benzene rings is 1. The number of imidazole rings is 1. The predicted octanol–water partition coefficient (Wildman–Crippen LogP) is 3.66. The highest BCUT2D eigenvalue weighted by Crippen LogP contribution is 2.10. The first-order valence-electron chi connectivity index (χ1n) is 6.04. The Morgan fingerprint density at radius 2 is 2.06 bits per heavy atom. The van der Waals surface area contributed by atoms with Crippen LogP contribution in [-0.2, 0) is 19.4 Å². The van der Waals surface area contributed by atoms with E-state index in [2.05, 4.69) is 47.7 Å². The van der Waals surface area contributed by atoms with Crippen LogP contribution in [0.5, 0.6) is 0 Å². The smallest absolute Gasteiger partial charge is 0.177 e. The SMILES string of the molecule is CCc1c[nH]c(=S)n1CCc1ccccc1C. The lowest BCUT2D eigenvalue weighted by molar-refractivity contribution is 0.654. The molecule has 1 aromatic carbocycles. The van der Waals surface area contributed by atoms with Crippen molar-refractivity contribution in [3.8, 4) is 0 Å². The largest absolute Gasteiger partial charge is 0.337 e. The fourth-order valence-corrected chi connectivity index (χ4v) is 2.36. The van der Waals surface area contributed by atoms with E-state index in [0.717, 1.165) is 24.2 Å². The van der Waals surface area contributed by atoms with Gasteiger partial charge in [-0.05, 0) is 43.1 Å². The minimum atomic E-state index is 0.829. The molecule has 0 saturated carbocycles. The molecule has 0 aliphatic rings. The lowest BCUT2D eigenvalue weighted by atomic mass is 10.1. The normalized spacial score (nSPS) is 10.7. The number of hydrogen-bond acceptors (Lipinski definition) is 1. The molecule has 1 N–H and O–H groups in total. The van der Waals surface area contributed by atoms with E-state index in [0.29, 0.717) is 0 Å². The Bertz CT molecular complexity index is 551. The lowest BCUT2D eigenvalue weighted by Crippen LogP contribution is -2.05. The monoisotopic (exact) mass is 246 g/mol. The third kappa shape index (κ3) is 2.67. The highest BCUT2D eigenvalue weighted by molar-refractivity contribution is 7.71. The van der Waals surface area contributed by atoms with Crippen molar-refractivity contribution < 1.29 is 0 Å². The molecule has 0 aliphatic carbocycles. The van der Waals surface area contributed by atoms with Crippen LogP contribution in [0.25, 0.3) is 0 Å². The van der Waals surface area contributed by atoms with Gasteiger partial charge in [-0.15, -0.1) is 0 Å². The van der Waals surface area contributed by atoms with E-state index in [1.54, 1.807) is 0 Å². The molecular formula is C14H18N2S. The zero-order valence-corrected chi connectivity index (χ0v) is 11.2.